The smallest absolute Gasteiger partial charge is 0.277 e. The number of amides is 1. The normalized spacial score (nSPS) is 10.2. The number of halogens is 1. The zero-order chi connectivity index (χ0) is 17.1. The SMILES string of the molecule is Cc1ccc(Br)cc1NC(=O)c1cc([N+](=O)[O-])cc([N+](=O)[O-])c1. The summed E-state index contributed by atoms with van der Waals surface area (Å²) in [6, 6.07) is 8.03. The summed E-state index contributed by atoms with van der Waals surface area (Å²) in [4.78, 5) is 32.4. The van der Waals surface area contributed by atoms with Gasteiger partial charge >= 0.3 is 0 Å². The first-order valence-electron chi connectivity index (χ1n) is 6.29. The molecule has 0 saturated heterocycles. The van der Waals surface area contributed by atoms with Gasteiger partial charge in [-0.1, -0.05) is 22.0 Å². The van der Waals surface area contributed by atoms with Crippen LogP contribution in [0.25, 0.3) is 0 Å². The van der Waals surface area contributed by atoms with Crippen LogP contribution in [0.5, 0.6) is 0 Å². The van der Waals surface area contributed by atoms with Crippen molar-refractivity contribution in [2.24, 2.45) is 0 Å². The van der Waals surface area contributed by atoms with E-state index in [2.05, 4.69) is 21.2 Å². The first kappa shape index (κ1) is 16.6. The van der Waals surface area contributed by atoms with Crippen molar-refractivity contribution in [3.63, 3.8) is 0 Å². The minimum absolute atomic E-state index is 0.162. The molecule has 2 rings (SSSR count). The molecule has 1 N–H and O–H groups in total. The molecule has 0 heterocycles. The van der Waals surface area contributed by atoms with E-state index in [9.17, 15) is 25.0 Å². The van der Waals surface area contributed by atoms with Crippen LogP contribution in [0, 0.1) is 27.2 Å². The van der Waals surface area contributed by atoms with Gasteiger partial charge in [0.15, 0.2) is 0 Å². The zero-order valence-electron chi connectivity index (χ0n) is 11.8. The average Bonchev–Trinajstić information content (AvgIpc) is 2.50. The van der Waals surface area contributed by atoms with Crippen molar-refractivity contribution >= 4 is 38.9 Å². The Labute approximate surface area is 138 Å². The van der Waals surface area contributed by atoms with E-state index in [4.69, 9.17) is 0 Å². The van der Waals surface area contributed by atoms with E-state index in [0.717, 1.165) is 28.2 Å². The first-order valence-corrected chi connectivity index (χ1v) is 7.08. The van der Waals surface area contributed by atoms with Crippen LogP contribution in [0.1, 0.15) is 15.9 Å². The predicted molar refractivity (Wildman–Crippen MR) is 86.6 cm³/mol. The van der Waals surface area contributed by atoms with Gasteiger partial charge in [-0.2, -0.15) is 0 Å². The summed E-state index contributed by atoms with van der Waals surface area (Å²) in [5.41, 5.74) is 0.0796. The number of non-ortho nitro benzene ring substituents is 2. The lowest BCUT2D eigenvalue weighted by atomic mass is 10.1. The molecule has 0 bridgehead atoms. The highest BCUT2D eigenvalue weighted by atomic mass is 79.9. The van der Waals surface area contributed by atoms with Crippen LogP contribution in [-0.2, 0) is 0 Å². The first-order chi connectivity index (χ1) is 10.8. The van der Waals surface area contributed by atoms with Gasteiger partial charge in [0.05, 0.1) is 21.5 Å². The number of rotatable bonds is 4. The molecule has 23 heavy (non-hydrogen) atoms. The molecule has 0 fully saturated rings. The van der Waals surface area contributed by atoms with Gasteiger partial charge in [0.1, 0.15) is 0 Å². The van der Waals surface area contributed by atoms with E-state index >= 15 is 0 Å². The molecule has 0 aliphatic carbocycles. The van der Waals surface area contributed by atoms with Crippen molar-refractivity contribution in [3.05, 3.63) is 72.2 Å². The number of hydrogen-bond acceptors (Lipinski definition) is 5. The number of hydrogen-bond donors (Lipinski definition) is 1. The summed E-state index contributed by atoms with van der Waals surface area (Å²) >= 11 is 3.27. The van der Waals surface area contributed by atoms with Crippen molar-refractivity contribution < 1.29 is 14.6 Å². The molecule has 0 radical (unpaired) electrons. The number of aryl methyl sites for hydroxylation is 1. The van der Waals surface area contributed by atoms with Gasteiger partial charge in [-0.15, -0.1) is 0 Å². The lowest BCUT2D eigenvalue weighted by molar-refractivity contribution is -0.394. The lowest BCUT2D eigenvalue weighted by Gasteiger charge is -2.09. The van der Waals surface area contributed by atoms with E-state index in [1.807, 2.05) is 0 Å². The van der Waals surface area contributed by atoms with Crippen molar-refractivity contribution in [1.29, 1.82) is 0 Å². The maximum atomic E-state index is 12.3. The Morgan fingerprint density at radius 3 is 2.13 bits per heavy atom. The summed E-state index contributed by atoms with van der Waals surface area (Å²) in [6.07, 6.45) is 0. The maximum Gasteiger partial charge on any atom is 0.277 e. The topological polar surface area (TPSA) is 115 Å². The molecule has 0 spiro atoms. The van der Waals surface area contributed by atoms with Gasteiger partial charge in [0.2, 0.25) is 0 Å². The Morgan fingerprint density at radius 1 is 1.04 bits per heavy atom. The van der Waals surface area contributed by atoms with Crippen LogP contribution in [0.2, 0.25) is 0 Å². The van der Waals surface area contributed by atoms with Gasteiger partial charge < -0.3 is 5.32 Å². The van der Waals surface area contributed by atoms with Gasteiger partial charge in [-0.3, -0.25) is 25.0 Å². The number of carbonyl (C=O) groups is 1. The fourth-order valence-corrected chi connectivity index (χ4v) is 2.22. The summed E-state index contributed by atoms with van der Waals surface area (Å²) < 4.78 is 0.739. The summed E-state index contributed by atoms with van der Waals surface area (Å²) in [5.74, 6) is -0.669. The molecule has 9 heteroatoms. The minimum atomic E-state index is -0.784. The number of nitrogens with zero attached hydrogens (tertiary/aromatic N) is 2. The summed E-state index contributed by atoms with van der Waals surface area (Å²) in [7, 11) is 0. The maximum absolute atomic E-state index is 12.3. The van der Waals surface area contributed by atoms with Crippen LogP contribution < -0.4 is 5.32 Å². The Morgan fingerprint density at radius 2 is 1.61 bits per heavy atom. The van der Waals surface area contributed by atoms with Gasteiger partial charge in [0, 0.05) is 22.3 Å². The largest absolute Gasteiger partial charge is 0.322 e. The van der Waals surface area contributed by atoms with Crippen LogP contribution in [0.15, 0.2) is 40.9 Å². The Balaban J connectivity index is 2.40. The Hall–Kier alpha value is -2.81. The molecule has 0 aliphatic rings. The van der Waals surface area contributed by atoms with Crippen LogP contribution in [-0.4, -0.2) is 15.8 Å². The van der Waals surface area contributed by atoms with Crippen LogP contribution in [0.3, 0.4) is 0 Å². The average molecular weight is 380 g/mol. The molecule has 0 unspecified atom stereocenters. The third-order valence-corrected chi connectivity index (χ3v) is 3.53. The second-order valence-electron chi connectivity index (χ2n) is 4.67. The highest BCUT2D eigenvalue weighted by molar-refractivity contribution is 9.10. The fraction of sp³-hybridized carbons (Fsp3) is 0.0714. The molecule has 8 nitrogen and oxygen atoms in total. The molecular weight excluding hydrogens is 370 g/mol. The minimum Gasteiger partial charge on any atom is -0.322 e. The molecule has 1 amide bonds. The van der Waals surface area contributed by atoms with Crippen molar-refractivity contribution in [1.82, 2.24) is 0 Å². The number of nitrogens with one attached hydrogen (secondary N) is 1. The Bertz CT molecular complexity index is 790. The molecule has 0 aromatic heterocycles. The zero-order valence-corrected chi connectivity index (χ0v) is 13.4. The standard InChI is InChI=1S/C14H10BrN3O5/c1-8-2-3-10(15)6-13(8)16-14(19)9-4-11(17(20)21)7-12(5-9)18(22)23/h2-7H,1H3,(H,16,19). The third kappa shape index (κ3) is 3.89. The molecule has 2 aromatic rings. The number of nitro groups is 2. The van der Waals surface area contributed by atoms with E-state index in [1.54, 1.807) is 25.1 Å². The van der Waals surface area contributed by atoms with E-state index in [-0.39, 0.29) is 5.56 Å². The lowest BCUT2D eigenvalue weighted by Crippen LogP contribution is -2.13. The predicted octanol–water partition coefficient (Wildman–Crippen LogP) is 3.83. The van der Waals surface area contributed by atoms with E-state index in [1.165, 1.54) is 0 Å². The van der Waals surface area contributed by atoms with Crippen molar-refractivity contribution in [2.45, 2.75) is 6.92 Å². The molecule has 2 aromatic carbocycles. The molecule has 0 saturated carbocycles. The van der Waals surface area contributed by atoms with Crippen molar-refractivity contribution in [2.75, 3.05) is 5.32 Å². The highest BCUT2D eigenvalue weighted by Crippen LogP contribution is 2.25. The second kappa shape index (κ2) is 6.53. The number of anilines is 1. The quantitative estimate of drug-likeness (QED) is 0.639. The molecule has 118 valence electrons. The highest BCUT2D eigenvalue weighted by Gasteiger charge is 2.20. The molecule has 0 aliphatic heterocycles. The monoisotopic (exact) mass is 379 g/mol. The Kier molecular flexibility index (Phi) is 4.70. The van der Waals surface area contributed by atoms with Crippen LogP contribution >= 0.6 is 15.9 Å². The number of benzene rings is 2. The second-order valence-corrected chi connectivity index (χ2v) is 5.58. The molecular formula is C14H10BrN3O5. The number of carbonyl (C=O) groups excluding carboxylic acids is 1. The number of nitro benzene ring substituents is 2. The van der Waals surface area contributed by atoms with Gasteiger partial charge in [-0.25, -0.2) is 0 Å². The van der Waals surface area contributed by atoms with Gasteiger partial charge in [0.25, 0.3) is 17.3 Å². The van der Waals surface area contributed by atoms with Gasteiger partial charge in [-0.05, 0) is 24.6 Å². The van der Waals surface area contributed by atoms with E-state index < -0.39 is 27.1 Å². The van der Waals surface area contributed by atoms with Crippen molar-refractivity contribution in [3.8, 4) is 0 Å². The third-order valence-electron chi connectivity index (χ3n) is 3.03. The van der Waals surface area contributed by atoms with E-state index in [0.29, 0.717) is 5.69 Å². The fourth-order valence-electron chi connectivity index (χ4n) is 1.86. The van der Waals surface area contributed by atoms with Crippen LogP contribution in [0.4, 0.5) is 17.1 Å². The molecule has 0 atom stereocenters. The summed E-state index contributed by atoms with van der Waals surface area (Å²) in [5, 5.41) is 24.3. The summed E-state index contributed by atoms with van der Waals surface area (Å²) in [6.45, 7) is 1.78.